The molecule has 0 aromatic carbocycles. The Balaban J connectivity index is 3.46. The van der Waals surface area contributed by atoms with Crippen molar-refractivity contribution in [3.8, 4) is 0 Å². The normalized spacial score (nSPS) is 12.2. The first-order valence-corrected chi connectivity index (χ1v) is 3.90. The molecule has 0 fully saturated rings. The molecule has 0 spiro atoms. The van der Waals surface area contributed by atoms with Crippen LogP contribution < -0.4 is 11.1 Å². The van der Waals surface area contributed by atoms with E-state index in [0.29, 0.717) is 0 Å². The molecular weight excluding hydrogens is 176 g/mol. The predicted octanol–water partition coefficient (Wildman–Crippen LogP) is -2.28. The molecule has 2 amide bonds. The quantitative estimate of drug-likeness (QED) is 0.378. The maximum atomic E-state index is 10.9. The summed E-state index contributed by atoms with van der Waals surface area (Å²) in [4.78, 5) is 21.1. The fourth-order valence-corrected chi connectivity index (χ4v) is 0.621. The molecule has 0 heterocycles. The molecule has 0 saturated heterocycles. The van der Waals surface area contributed by atoms with E-state index in [9.17, 15) is 9.59 Å². The molecule has 1 unspecified atom stereocenters. The van der Waals surface area contributed by atoms with Crippen molar-refractivity contribution in [2.75, 3.05) is 13.2 Å². The molecule has 0 aliphatic heterocycles. The third-order valence-corrected chi connectivity index (χ3v) is 1.34. The summed E-state index contributed by atoms with van der Waals surface area (Å²) in [5.41, 5.74) is 4.81. The van der Waals surface area contributed by atoms with Gasteiger partial charge in [-0.05, 0) is 0 Å². The highest BCUT2D eigenvalue weighted by Gasteiger charge is 2.06. The summed E-state index contributed by atoms with van der Waals surface area (Å²) in [6.45, 7) is -0.426. The van der Waals surface area contributed by atoms with Crippen molar-refractivity contribution >= 4 is 11.8 Å². The average molecular weight is 190 g/mol. The number of nitrogens with one attached hydrogen (secondary N) is 1. The predicted molar refractivity (Wildman–Crippen MR) is 44.5 cm³/mol. The second kappa shape index (κ2) is 6.38. The number of amides is 2. The summed E-state index contributed by atoms with van der Waals surface area (Å²) in [7, 11) is 0. The second-order valence-corrected chi connectivity index (χ2v) is 2.61. The van der Waals surface area contributed by atoms with Gasteiger partial charge in [-0.3, -0.25) is 9.59 Å². The molecule has 0 aromatic rings. The standard InChI is InChI=1S/C7H14N2O4/c8-6(12)1-2-7(13)9-3-5(11)4-10/h5,10-11H,1-4H2,(H2,8,12)(H,9,13). The summed E-state index contributed by atoms with van der Waals surface area (Å²) in [5, 5.41) is 19.6. The SMILES string of the molecule is NC(=O)CCC(=O)NCC(O)CO. The number of nitrogens with two attached hydrogens (primary N) is 1. The Labute approximate surface area is 75.7 Å². The van der Waals surface area contributed by atoms with Gasteiger partial charge in [-0.2, -0.15) is 0 Å². The highest BCUT2D eigenvalue weighted by Crippen LogP contribution is 1.87. The fourth-order valence-electron chi connectivity index (χ4n) is 0.621. The second-order valence-electron chi connectivity index (χ2n) is 2.61. The lowest BCUT2D eigenvalue weighted by Gasteiger charge is -2.07. The third-order valence-electron chi connectivity index (χ3n) is 1.34. The van der Waals surface area contributed by atoms with Crippen molar-refractivity contribution in [1.29, 1.82) is 0 Å². The first-order valence-electron chi connectivity index (χ1n) is 3.90. The summed E-state index contributed by atoms with van der Waals surface area (Å²) >= 11 is 0. The first kappa shape index (κ1) is 11.9. The molecule has 5 N–H and O–H groups in total. The van der Waals surface area contributed by atoms with E-state index in [1.54, 1.807) is 0 Å². The van der Waals surface area contributed by atoms with Crippen LogP contribution in [0.2, 0.25) is 0 Å². The van der Waals surface area contributed by atoms with Crippen LogP contribution in [0.3, 0.4) is 0 Å². The Hall–Kier alpha value is -1.14. The molecule has 6 nitrogen and oxygen atoms in total. The van der Waals surface area contributed by atoms with Crippen LogP contribution in [0, 0.1) is 0 Å². The Kier molecular flexibility index (Phi) is 5.82. The van der Waals surface area contributed by atoms with Gasteiger partial charge in [-0.1, -0.05) is 0 Å². The zero-order valence-corrected chi connectivity index (χ0v) is 7.19. The fraction of sp³-hybridized carbons (Fsp3) is 0.714. The van der Waals surface area contributed by atoms with Crippen molar-refractivity contribution in [2.24, 2.45) is 5.73 Å². The zero-order valence-electron chi connectivity index (χ0n) is 7.19. The van der Waals surface area contributed by atoms with Crippen molar-refractivity contribution in [3.05, 3.63) is 0 Å². The number of rotatable bonds is 6. The molecule has 76 valence electrons. The van der Waals surface area contributed by atoms with Gasteiger partial charge in [0.05, 0.1) is 12.7 Å². The number of primary amides is 1. The van der Waals surface area contributed by atoms with Gasteiger partial charge < -0.3 is 21.3 Å². The van der Waals surface area contributed by atoms with Gasteiger partial charge in [0.15, 0.2) is 0 Å². The topological polar surface area (TPSA) is 113 Å². The third kappa shape index (κ3) is 7.23. The van der Waals surface area contributed by atoms with Crippen LogP contribution in [-0.2, 0) is 9.59 Å². The minimum Gasteiger partial charge on any atom is -0.394 e. The summed E-state index contributed by atoms with van der Waals surface area (Å²) in [6.07, 6.45) is -0.966. The van der Waals surface area contributed by atoms with Crippen LogP contribution in [-0.4, -0.2) is 41.3 Å². The summed E-state index contributed by atoms with van der Waals surface area (Å²) < 4.78 is 0. The van der Waals surface area contributed by atoms with Gasteiger partial charge in [0.2, 0.25) is 11.8 Å². The summed E-state index contributed by atoms with van der Waals surface area (Å²) in [6, 6.07) is 0. The van der Waals surface area contributed by atoms with Crippen LogP contribution in [0.1, 0.15) is 12.8 Å². The molecule has 0 aliphatic carbocycles. The smallest absolute Gasteiger partial charge is 0.220 e. The lowest BCUT2D eigenvalue weighted by Crippen LogP contribution is -2.34. The van der Waals surface area contributed by atoms with E-state index in [1.165, 1.54) is 0 Å². The average Bonchev–Trinajstić information content (AvgIpc) is 2.10. The number of carbonyl (C=O) groups excluding carboxylic acids is 2. The molecule has 0 bridgehead atoms. The lowest BCUT2D eigenvalue weighted by atomic mass is 10.3. The molecule has 0 radical (unpaired) electrons. The number of aliphatic hydroxyl groups is 2. The van der Waals surface area contributed by atoms with Gasteiger partial charge in [-0.15, -0.1) is 0 Å². The molecule has 0 aromatic heterocycles. The van der Waals surface area contributed by atoms with E-state index in [4.69, 9.17) is 15.9 Å². The number of hydrogen-bond donors (Lipinski definition) is 4. The lowest BCUT2D eigenvalue weighted by molar-refractivity contribution is -0.125. The number of carbonyl (C=O) groups is 2. The van der Waals surface area contributed by atoms with E-state index in [-0.39, 0.29) is 25.3 Å². The van der Waals surface area contributed by atoms with Crippen LogP contribution in [0.4, 0.5) is 0 Å². The van der Waals surface area contributed by atoms with Gasteiger partial charge in [0, 0.05) is 19.4 Å². The highest BCUT2D eigenvalue weighted by molar-refractivity contribution is 5.82. The maximum Gasteiger partial charge on any atom is 0.220 e. The first-order chi connectivity index (χ1) is 6.06. The highest BCUT2D eigenvalue weighted by atomic mass is 16.3. The van der Waals surface area contributed by atoms with Gasteiger partial charge in [0.25, 0.3) is 0 Å². The Morgan fingerprint density at radius 2 is 2.00 bits per heavy atom. The van der Waals surface area contributed by atoms with Crippen LogP contribution >= 0.6 is 0 Å². The molecule has 1 atom stereocenters. The monoisotopic (exact) mass is 190 g/mol. The number of hydrogen-bond acceptors (Lipinski definition) is 4. The molecule has 6 heteroatoms. The largest absolute Gasteiger partial charge is 0.394 e. The van der Waals surface area contributed by atoms with Crippen molar-refractivity contribution in [1.82, 2.24) is 5.32 Å². The van der Waals surface area contributed by atoms with Gasteiger partial charge in [0.1, 0.15) is 0 Å². The molecule has 0 saturated carbocycles. The van der Waals surface area contributed by atoms with Crippen molar-refractivity contribution in [3.63, 3.8) is 0 Å². The van der Waals surface area contributed by atoms with Gasteiger partial charge >= 0.3 is 0 Å². The van der Waals surface area contributed by atoms with Crippen LogP contribution in [0.5, 0.6) is 0 Å². The summed E-state index contributed by atoms with van der Waals surface area (Å²) in [5.74, 6) is -0.913. The maximum absolute atomic E-state index is 10.9. The van der Waals surface area contributed by atoms with E-state index < -0.39 is 18.6 Å². The van der Waals surface area contributed by atoms with Crippen LogP contribution in [0.25, 0.3) is 0 Å². The van der Waals surface area contributed by atoms with E-state index in [0.717, 1.165) is 0 Å². The van der Waals surface area contributed by atoms with E-state index in [1.807, 2.05) is 0 Å². The minimum atomic E-state index is -0.961. The molecule has 13 heavy (non-hydrogen) atoms. The zero-order chi connectivity index (χ0) is 10.3. The Morgan fingerprint density at radius 1 is 1.38 bits per heavy atom. The van der Waals surface area contributed by atoms with Crippen LogP contribution in [0.15, 0.2) is 0 Å². The molecule has 0 rings (SSSR count). The van der Waals surface area contributed by atoms with E-state index >= 15 is 0 Å². The minimum absolute atomic E-state index is 0.00742. The number of aliphatic hydroxyl groups excluding tert-OH is 2. The van der Waals surface area contributed by atoms with Gasteiger partial charge in [-0.25, -0.2) is 0 Å². The molecular formula is C7H14N2O4. The van der Waals surface area contributed by atoms with Crippen molar-refractivity contribution < 1.29 is 19.8 Å². The van der Waals surface area contributed by atoms with E-state index in [2.05, 4.69) is 5.32 Å². The Bertz CT molecular complexity index is 183. The van der Waals surface area contributed by atoms with Crippen molar-refractivity contribution in [2.45, 2.75) is 18.9 Å². The molecule has 0 aliphatic rings. The Morgan fingerprint density at radius 3 is 2.46 bits per heavy atom.